The maximum Gasteiger partial charge on any atom is 0.419 e. The molecule has 0 radical (unpaired) electrons. The zero-order chi connectivity index (χ0) is 15.3. The van der Waals surface area contributed by atoms with E-state index in [1.807, 2.05) is 6.92 Å². The summed E-state index contributed by atoms with van der Waals surface area (Å²) in [5.41, 5.74) is -0.821. The normalized spacial score (nSPS) is 11.2. The summed E-state index contributed by atoms with van der Waals surface area (Å²) in [6.45, 7) is 2.74. The Hall–Kier alpha value is -2.24. The number of para-hydroxylation sites is 1. The fraction of sp³-hybridized carbons (Fsp3) is 0.267. The molecule has 0 atom stereocenters. The number of ether oxygens (including phenoxy) is 1. The zero-order valence-electron chi connectivity index (χ0n) is 11.4. The van der Waals surface area contributed by atoms with Crippen LogP contribution in [-0.4, -0.2) is 11.5 Å². The van der Waals surface area contributed by atoms with Crippen molar-refractivity contribution >= 4 is 5.82 Å². The van der Waals surface area contributed by atoms with Gasteiger partial charge in [0.25, 0.3) is 0 Å². The van der Waals surface area contributed by atoms with Gasteiger partial charge in [-0.15, -0.1) is 0 Å². The lowest BCUT2D eigenvalue weighted by Gasteiger charge is -2.13. The first-order valence-corrected chi connectivity index (χ1v) is 6.55. The smallest absolute Gasteiger partial charge is 0.419 e. The maximum absolute atomic E-state index is 12.9. The number of halogens is 3. The van der Waals surface area contributed by atoms with Crippen LogP contribution in [0.15, 0.2) is 42.5 Å². The third-order valence-corrected chi connectivity index (χ3v) is 2.69. The lowest BCUT2D eigenvalue weighted by atomic mass is 10.2. The summed E-state index contributed by atoms with van der Waals surface area (Å²) in [5.74, 6) is 0.428. The maximum atomic E-state index is 12.9. The van der Waals surface area contributed by atoms with E-state index in [2.05, 4.69) is 10.3 Å². The molecule has 0 aliphatic rings. The van der Waals surface area contributed by atoms with E-state index >= 15 is 0 Å². The van der Waals surface area contributed by atoms with Crippen molar-refractivity contribution in [3.63, 3.8) is 0 Å². The first kappa shape index (κ1) is 15.2. The number of nitrogens with zero attached hydrogens (tertiary/aromatic N) is 1. The Labute approximate surface area is 120 Å². The summed E-state index contributed by atoms with van der Waals surface area (Å²) in [6, 6.07) is 10.00. The first-order valence-electron chi connectivity index (χ1n) is 6.55. The van der Waals surface area contributed by atoms with Crippen LogP contribution in [0.2, 0.25) is 0 Å². The van der Waals surface area contributed by atoms with E-state index in [4.69, 9.17) is 4.74 Å². The van der Waals surface area contributed by atoms with Crippen LogP contribution in [0.3, 0.4) is 0 Å². The van der Waals surface area contributed by atoms with Crippen molar-refractivity contribution < 1.29 is 17.9 Å². The van der Waals surface area contributed by atoms with Crippen molar-refractivity contribution in [1.82, 2.24) is 4.98 Å². The third-order valence-electron chi connectivity index (χ3n) is 2.69. The number of hydrogen-bond acceptors (Lipinski definition) is 3. The monoisotopic (exact) mass is 296 g/mol. The molecule has 1 aromatic carbocycles. The van der Waals surface area contributed by atoms with E-state index in [0.29, 0.717) is 5.82 Å². The number of rotatable bonds is 5. The quantitative estimate of drug-likeness (QED) is 0.867. The van der Waals surface area contributed by atoms with Gasteiger partial charge in [-0.25, -0.2) is 0 Å². The van der Waals surface area contributed by atoms with E-state index < -0.39 is 11.7 Å². The second-order valence-electron chi connectivity index (χ2n) is 4.38. The summed E-state index contributed by atoms with van der Waals surface area (Å²) in [5, 5.41) is 3.05. The van der Waals surface area contributed by atoms with E-state index in [1.54, 1.807) is 12.1 Å². The Morgan fingerprint density at radius 3 is 2.57 bits per heavy atom. The molecule has 0 bridgehead atoms. The van der Waals surface area contributed by atoms with Crippen LogP contribution >= 0.6 is 0 Å². The van der Waals surface area contributed by atoms with Gasteiger partial charge in [-0.3, -0.25) is 0 Å². The van der Waals surface area contributed by atoms with Gasteiger partial charge in [0.05, 0.1) is 5.56 Å². The fourth-order valence-electron chi connectivity index (χ4n) is 1.73. The first-order chi connectivity index (χ1) is 10.0. The van der Waals surface area contributed by atoms with Crippen LogP contribution in [0.5, 0.6) is 11.6 Å². The largest absolute Gasteiger partial charge is 0.438 e. The number of nitrogens with one attached hydrogen (secondary N) is 1. The average molecular weight is 296 g/mol. The molecule has 112 valence electrons. The van der Waals surface area contributed by atoms with Crippen LogP contribution in [0, 0.1) is 0 Å². The molecule has 2 aromatic rings. The van der Waals surface area contributed by atoms with Crippen LogP contribution in [0.4, 0.5) is 19.0 Å². The molecule has 0 saturated heterocycles. The molecule has 1 aromatic heterocycles. The Bertz CT molecular complexity index is 599. The zero-order valence-corrected chi connectivity index (χ0v) is 11.4. The van der Waals surface area contributed by atoms with E-state index in [-0.39, 0.29) is 11.6 Å². The standard InChI is InChI=1S/C15H15F3N2O/c1-2-10-19-13-8-5-9-14(20-13)21-12-7-4-3-6-11(12)15(16,17)18/h3-9H,2,10H2,1H3,(H,19,20). The highest BCUT2D eigenvalue weighted by Gasteiger charge is 2.34. The van der Waals surface area contributed by atoms with Crippen LogP contribution in [-0.2, 0) is 6.18 Å². The lowest BCUT2D eigenvalue weighted by molar-refractivity contribution is -0.138. The predicted octanol–water partition coefficient (Wildman–Crippen LogP) is 4.71. The third kappa shape index (κ3) is 4.11. The van der Waals surface area contributed by atoms with Crippen molar-refractivity contribution in [3.05, 3.63) is 48.0 Å². The summed E-state index contributed by atoms with van der Waals surface area (Å²) < 4.78 is 43.9. The van der Waals surface area contributed by atoms with E-state index in [9.17, 15) is 13.2 Å². The van der Waals surface area contributed by atoms with Crippen molar-refractivity contribution in [2.24, 2.45) is 0 Å². The van der Waals surface area contributed by atoms with E-state index in [1.165, 1.54) is 24.3 Å². The Balaban J connectivity index is 2.23. The minimum absolute atomic E-state index is 0.118. The summed E-state index contributed by atoms with van der Waals surface area (Å²) in [6.07, 6.45) is -3.54. The van der Waals surface area contributed by atoms with Crippen LogP contribution in [0.25, 0.3) is 0 Å². The molecule has 0 spiro atoms. The fourth-order valence-corrected chi connectivity index (χ4v) is 1.73. The minimum atomic E-state index is -4.46. The van der Waals surface area contributed by atoms with Crippen molar-refractivity contribution in [1.29, 1.82) is 0 Å². The molecular weight excluding hydrogens is 281 g/mol. The molecule has 0 fully saturated rings. The molecule has 2 rings (SSSR count). The summed E-state index contributed by atoms with van der Waals surface area (Å²) in [4.78, 5) is 4.13. The predicted molar refractivity (Wildman–Crippen MR) is 74.5 cm³/mol. The highest BCUT2D eigenvalue weighted by atomic mass is 19.4. The molecular formula is C15H15F3N2O. The molecule has 1 heterocycles. The summed E-state index contributed by atoms with van der Waals surface area (Å²) >= 11 is 0. The molecule has 0 unspecified atom stereocenters. The molecule has 1 N–H and O–H groups in total. The van der Waals surface area contributed by atoms with E-state index in [0.717, 1.165) is 19.0 Å². The Kier molecular flexibility index (Phi) is 4.67. The molecule has 0 aliphatic heterocycles. The van der Waals surface area contributed by atoms with Crippen molar-refractivity contribution in [2.45, 2.75) is 19.5 Å². The highest BCUT2D eigenvalue weighted by Crippen LogP contribution is 2.37. The number of hydrogen-bond donors (Lipinski definition) is 1. The number of benzene rings is 1. The molecule has 21 heavy (non-hydrogen) atoms. The lowest BCUT2D eigenvalue weighted by Crippen LogP contribution is -2.07. The van der Waals surface area contributed by atoms with Gasteiger partial charge in [-0.2, -0.15) is 18.2 Å². The van der Waals surface area contributed by atoms with Crippen molar-refractivity contribution in [3.8, 4) is 11.6 Å². The van der Waals surface area contributed by atoms with Gasteiger partial charge < -0.3 is 10.1 Å². The van der Waals surface area contributed by atoms with Gasteiger partial charge in [0, 0.05) is 12.6 Å². The van der Waals surface area contributed by atoms with Crippen LogP contribution < -0.4 is 10.1 Å². The van der Waals surface area contributed by atoms with Gasteiger partial charge in [0.1, 0.15) is 11.6 Å². The Morgan fingerprint density at radius 1 is 1.10 bits per heavy atom. The van der Waals surface area contributed by atoms with Gasteiger partial charge in [0.2, 0.25) is 5.88 Å². The van der Waals surface area contributed by atoms with Crippen molar-refractivity contribution in [2.75, 3.05) is 11.9 Å². The molecule has 0 aliphatic carbocycles. The number of anilines is 1. The Morgan fingerprint density at radius 2 is 1.86 bits per heavy atom. The number of alkyl halides is 3. The highest BCUT2D eigenvalue weighted by molar-refractivity contribution is 5.41. The molecule has 3 nitrogen and oxygen atoms in total. The number of aromatic nitrogens is 1. The van der Waals surface area contributed by atoms with Gasteiger partial charge in [-0.1, -0.05) is 25.1 Å². The second-order valence-corrected chi connectivity index (χ2v) is 4.38. The van der Waals surface area contributed by atoms with Gasteiger partial charge in [-0.05, 0) is 24.6 Å². The minimum Gasteiger partial charge on any atom is -0.438 e. The topological polar surface area (TPSA) is 34.1 Å². The van der Waals surface area contributed by atoms with Crippen LogP contribution in [0.1, 0.15) is 18.9 Å². The average Bonchev–Trinajstić information content (AvgIpc) is 2.45. The SMILES string of the molecule is CCCNc1cccc(Oc2ccccc2C(F)(F)F)n1. The van der Waals surface area contributed by atoms with Gasteiger partial charge >= 0.3 is 6.18 Å². The molecule has 0 saturated carbocycles. The van der Waals surface area contributed by atoms with Gasteiger partial charge in [0.15, 0.2) is 0 Å². The molecule has 6 heteroatoms. The number of pyridine rings is 1. The summed E-state index contributed by atoms with van der Waals surface area (Å²) in [7, 11) is 0. The second kappa shape index (κ2) is 6.47. The molecule has 0 amide bonds.